The second-order valence-electron chi connectivity index (χ2n) is 5.61. The van der Waals surface area contributed by atoms with Crippen molar-refractivity contribution in [1.82, 2.24) is 4.98 Å². The summed E-state index contributed by atoms with van der Waals surface area (Å²) in [6, 6.07) is 5.49. The molecule has 1 aromatic heterocycles. The first-order valence-electron chi connectivity index (χ1n) is 7.24. The molecule has 3 nitrogen and oxygen atoms in total. The van der Waals surface area contributed by atoms with Crippen molar-refractivity contribution in [2.45, 2.75) is 25.7 Å². The molecule has 1 amide bonds. The first kappa shape index (κ1) is 12.7. The number of amides is 1. The Morgan fingerprint density at radius 1 is 1.19 bits per heavy atom. The minimum Gasteiger partial charge on any atom is -0.364 e. The van der Waals surface area contributed by atoms with E-state index in [1.54, 1.807) is 6.07 Å². The molecule has 1 aliphatic carbocycles. The van der Waals surface area contributed by atoms with Crippen LogP contribution in [0, 0.1) is 0 Å². The van der Waals surface area contributed by atoms with Crippen molar-refractivity contribution in [1.29, 1.82) is 0 Å². The van der Waals surface area contributed by atoms with Crippen LogP contribution in [0.4, 0.5) is 5.69 Å². The van der Waals surface area contributed by atoms with E-state index in [4.69, 9.17) is 11.6 Å². The third-order valence-electron chi connectivity index (χ3n) is 4.28. The lowest BCUT2D eigenvalue weighted by Gasteiger charge is -2.11. The van der Waals surface area contributed by atoms with E-state index in [1.807, 2.05) is 24.4 Å². The molecule has 0 radical (unpaired) electrons. The molecule has 0 saturated heterocycles. The molecule has 0 atom stereocenters. The standard InChI is InChI=1S/C17H15ClN2O/c18-11-5-6-16-13(8-11)14(17(21)20-16)7-10-9-19-15-4-2-1-3-12(10)15/h5-9,19H,1-4H2,(H,20,21). The summed E-state index contributed by atoms with van der Waals surface area (Å²) in [5.41, 5.74) is 6.22. The second kappa shape index (κ2) is 4.78. The molecule has 2 aromatic rings. The zero-order valence-corrected chi connectivity index (χ0v) is 12.3. The minimum absolute atomic E-state index is 0.0574. The summed E-state index contributed by atoms with van der Waals surface area (Å²) in [6.45, 7) is 0. The lowest BCUT2D eigenvalue weighted by molar-refractivity contribution is -0.110. The maximum Gasteiger partial charge on any atom is 0.256 e. The van der Waals surface area contributed by atoms with Gasteiger partial charge in [0, 0.05) is 33.7 Å². The van der Waals surface area contributed by atoms with E-state index in [0.29, 0.717) is 10.6 Å². The molecule has 4 heteroatoms. The summed E-state index contributed by atoms with van der Waals surface area (Å²) in [6.07, 6.45) is 8.64. The monoisotopic (exact) mass is 298 g/mol. The highest BCUT2D eigenvalue weighted by atomic mass is 35.5. The number of hydrogen-bond donors (Lipinski definition) is 2. The normalized spacial score (nSPS) is 18.5. The first-order valence-corrected chi connectivity index (χ1v) is 7.62. The number of carbonyl (C=O) groups is 1. The van der Waals surface area contributed by atoms with Crippen LogP contribution in [-0.4, -0.2) is 10.9 Å². The lowest BCUT2D eigenvalue weighted by Crippen LogP contribution is -2.04. The Hall–Kier alpha value is -2.00. The molecule has 0 spiro atoms. The number of carbonyl (C=O) groups excluding carboxylic acids is 1. The molecule has 0 unspecified atom stereocenters. The molecule has 1 aromatic carbocycles. The van der Waals surface area contributed by atoms with Gasteiger partial charge in [-0.2, -0.15) is 0 Å². The van der Waals surface area contributed by atoms with E-state index in [2.05, 4.69) is 10.3 Å². The maximum atomic E-state index is 12.2. The van der Waals surface area contributed by atoms with E-state index in [1.165, 1.54) is 24.1 Å². The summed E-state index contributed by atoms with van der Waals surface area (Å²) in [5.74, 6) is -0.0574. The number of benzene rings is 1. The minimum atomic E-state index is -0.0574. The molecule has 4 rings (SSSR count). The Labute approximate surface area is 128 Å². The fraction of sp³-hybridized carbons (Fsp3) is 0.235. The fourth-order valence-electron chi connectivity index (χ4n) is 3.22. The highest BCUT2D eigenvalue weighted by Gasteiger charge is 2.25. The molecular formula is C17H15ClN2O. The van der Waals surface area contributed by atoms with Crippen LogP contribution in [0.2, 0.25) is 5.02 Å². The molecule has 1 aliphatic heterocycles. The molecule has 2 N–H and O–H groups in total. The fourth-order valence-corrected chi connectivity index (χ4v) is 3.40. The smallest absolute Gasteiger partial charge is 0.256 e. The van der Waals surface area contributed by atoms with E-state index in [0.717, 1.165) is 29.7 Å². The number of nitrogens with one attached hydrogen (secondary N) is 2. The maximum absolute atomic E-state index is 12.2. The highest BCUT2D eigenvalue weighted by Crippen LogP contribution is 2.36. The number of fused-ring (bicyclic) bond motifs is 2. The van der Waals surface area contributed by atoms with Crippen molar-refractivity contribution in [2.75, 3.05) is 5.32 Å². The second-order valence-corrected chi connectivity index (χ2v) is 6.05. The summed E-state index contributed by atoms with van der Waals surface area (Å²) in [4.78, 5) is 15.6. The van der Waals surface area contributed by atoms with Gasteiger partial charge in [-0.1, -0.05) is 11.6 Å². The van der Waals surface area contributed by atoms with Gasteiger partial charge in [0.25, 0.3) is 5.91 Å². The van der Waals surface area contributed by atoms with Crippen LogP contribution in [0.25, 0.3) is 11.6 Å². The van der Waals surface area contributed by atoms with Crippen LogP contribution < -0.4 is 5.32 Å². The van der Waals surface area contributed by atoms with Crippen molar-refractivity contribution in [2.24, 2.45) is 0 Å². The van der Waals surface area contributed by atoms with Gasteiger partial charge >= 0.3 is 0 Å². The van der Waals surface area contributed by atoms with Gasteiger partial charge in [-0.25, -0.2) is 0 Å². The number of H-pyrrole nitrogens is 1. The van der Waals surface area contributed by atoms with E-state index in [9.17, 15) is 4.79 Å². The summed E-state index contributed by atoms with van der Waals surface area (Å²) in [5, 5.41) is 3.54. The molecule has 0 bridgehead atoms. The van der Waals surface area contributed by atoms with E-state index < -0.39 is 0 Å². The number of aryl methyl sites for hydroxylation is 1. The molecule has 2 heterocycles. The average Bonchev–Trinajstić information content (AvgIpc) is 3.02. The molecule has 2 aliphatic rings. The Bertz CT molecular complexity index is 773. The van der Waals surface area contributed by atoms with Crippen LogP contribution in [0.1, 0.15) is 35.2 Å². The van der Waals surface area contributed by atoms with E-state index >= 15 is 0 Å². The summed E-state index contributed by atoms with van der Waals surface area (Å²) in [7, 11) is 0. The van der Waals surface area contributed by atoms with Crippen LogP contribution in [0.15, 0.2) is 24.4 Å². The number of aromatic nitrogens is 1. The number of anilines is 1. The number of halogens is 1. The van der Waals surface area contributed by atoms with Gasteiger partial charge < -0.3 is 10.3 Å². The average molecular weight is 299 g/mol. The topological polar surface area (TPSA) is 44.9 Å². The van der Waals surface area contributed by atoms with Crippen LogP contribution in [0.5, 0.6) is 0 Å². The quantitative estimate of drug-likeness (QED) is 0.767. The Kier molecular flexibility index (Phi) is 2.89. The number of rotatable bonds is 1. The Morgan fingerprint density at radius 3 is 2.95 bits per heavy atom. The predicted molar refractivity (Wildman–Crippen MR) is 85.4 cm³/mol. The van der Waals surface area contributed by atoms with Crippen molar-refractivity contribution < 1.29 is 4.79 Å². The van der Waals surface area contributed by atoms with Crippen LogP contribution in [-0.2, 0) is 17.6 Å². The Morgan fingerprint density at radius 2 is 2.05 bits per heavy atom. The molecule has 106 valence electrons. The van der Waals surface area contributed by atoms with Crippen molar-refractivity contribution in [3.8, 4) is 0 Å². The van der Waals surface area contributed by atoms with Crippen molar-refractivity contribution in [3.05, 3.63) is 51.8 Å². The van der Waals surface area contributed by atoms with Gasteiger partial charge in [0.05, 0.1) is 0 Å². The molecule has 21 heavy (non-hydrogen) atoms. The van der Waals surface area contributed by atoms with Crippen molar-refractivity contribution in [3.63, 3.8) is 0 Å². The largest absolute Gasteiger partial charge is 0.364 e. The molecular weight excluding hydrogens is 284 g/mol. The highest BCUT2D eigenvalue weighted by molar-refractivity contribution is 6.36. The van der Waals surface area contributed by atoms with Crippen LogP contribution >= 0.6 is 11.6 Å². The molecule has 0 saturated carbocycles. The lowest BCUT2D eigenvalue weighted by atomic mass is 9.94. The van der Waals surface area contributed by atoms with Gasteiger partial charge in [-0.05, 0) is 61.1 Å². The van der Waals surface area contributed by atoms with Gasteiger partial charge in [-0.15, -0.1) is 0 Å². The number of aromatic amines is 1. The zero-order chi connectivity index (χ0) is 14.4. The summed E-state index contributed by atoms with van der Waals surface area (Å²) >= 11 is 6.06. The predicted octanol–water partition coefficient (Wildman–Crippen LogP) is 4.04. The number of hydrogen-bond acceptors (Lipinski definition) is 1. The van der Waals surface area contributed by atoms with Gasteiger partial charge in [0.2, 0.25) is 0 Å². The van der Waals surface area contributed by atoms with Gasteiger partial charge in [0.1, 0.15) is 0 Å². The third-order valence-corrected chi connectivity index (χ3v) is 4.52. The van der Waals surface area contributed by atoms with Crippen molar-refractivity contribution >= 4 is 34.8 Å². The van der Waals surface area contributed by atoms with E-state index in [-0.39, 0.29) is 5.91 Å². The SMILES string of the molecule is O=C1Nc2ccc(Cl)cc2C1=Cc1c[nH]c2c1CCCC2. The molecule has 0 fully saturated rings. The summed E-state index contributed by atoms with van der Waals surface area (Å²) < 4.78 is 0. The Balaban J connectivity index is 1.82. The zero-order valence-electron chi connectivity index (χ0n) is 11.5. The third kappa shape index (κ3) is 2.09. The van der Waals surface area contributed by atoms with Gasteiger partial charge in [0.15, 0.2) is 0 Å². The van der Waals surface area contributed by atoms with Crippen LogP contribution in [0.3, 0.4) is 0 Å². The first-order chi connectivity index (χ1) is 10.2. The van der Waals surface area contributed by atoms with Gasteiger partial charge in [-0.3, -0.25) is 4.79 Å².